The van der Waals surface area contributed by atoms with Gasteiger partial charge in [0.2, 0.25) is 0 Å². The quantitative estimate of drug-likeness (QED) is 0.564. The van der Waals surface area contributed by atoms with Gasteiger partial charge in [-0.15, -0.1) is 0 Å². The Labute approximate surface area is 135 Å². The summed E-state index contributed by atoms with van der Waals surface area (Å²) in [6.07, 6.45) is 3.58. The van der Waals surface area contributed by atoms with Gasteiger partial charge in [0, 0.05) is 5.56 Å². The van der Waals surface area contributed by atoms with E-state index >= 15 is 0 Å². The van der Waals surface area contributed by atoms with Gasteiger partial charge in [-0.1, -0.05) is 56.3 Å². The zero-order valence-electron chi connectivity index (χ0n) is 12.9. The lowest BCUT2D eigenvalue weighted by atomic mass is 9.98. The monoisotopic (exact) mass is 334 g/mol. The van der Waals surface area contributed by atoms with Gasteiger partial charge in [0.15, 0.2) is 0 Å². The first-order valence-electron chi connectivity index (χ1n) is 7.11. The molecule has 0 aliphatic carbocycles. The van der Waals surface area contributed by atoms with Crippen LogP contribution in [0, 0.1) is 0 Å². The minimum atomic E-state index is -4.71. The number of phenols is 1. The number of phosphoric ester groups is 1. The van der Waals surface area contributed by atoms with Gasteiger partial charge in [0.05, 0.1) is 0 Å². The Morgan fingerprint density at radius 3 is 2.22 bits per heavy atom. The third-order valence-electron chi connectivity index (χ3n) is 3.20. The van der Waals surface area contributed by atoms with E-state index in [0.717, 1.165) is 5.56 Å². The molecular formula is C17H19O5P. The zero-order valence-corrected chi connectivity index (χ0v) is 13.8. The molecule has 0 saturated carbocycles. The van der Waals surface area contributed by atoms with Crippen LogP contribution in [0.3, 0.4) is 0 Å². The van der Waals surface area contributed by atoms with Gasteiger partial charge in [-0.25, -0.2) is 4.57 Å². The highest BCUT2D eigenvalue weighted by molar-refractivity contribution is 7.46. The number of rotatable bonds is 5. The summed E-state index contributed by atoms with van der Waals surface area (Å²) >= 11 is 0. The second-order valence-electron chi connectivity index (χ2n) is 5.43. The average Bonchev–Trinajstić information content (AvgIpc) is 2.43. The molecular weight excluding hydrogens is 315 g/mol. The number of benzene rings is 2. The van der Waals surface area contributed by atoms with Gasteiger partial charge >= 0.3 is 7.82 Å². The summed E-state index contributed by atoms with van der Waals surface area (Å²) in [5, 5.41) is 10.2. The van der Waals surface area contributed by atoms with Crippen LogP contribution in [0.15, 0.2) is 42.5 Å². The van der Waals surface area contributed by atoms with Crippen LogP contribution in [0.1, 0.15) is 36.5 Å². The molecule has 5 nitrogen and oxygen atoms in total. The van der Waals surface area contributed by atoms with Gasteiger partial charge in [-0.05, 0) is 29.2 Å². The number of hydrogen-bond donors (Lipinski definition) is 3. The lowest BCUT2D eigenvalue weighted by Crippen LogP contribution is -1.98. The third-order valence-corrected chi connectivity index (χ3v) is 3.64. The molecule has 0 aliphatic rings. The Bertz CT molecular complexity index is 747. The number of hydrogen-bond acceptors (Lipinski definition) is 3. The minimum absolute atomic E-state index is 0.0129. The van der Waals surface area contributed by atoms with Gasteiger partial charge in [0.1, 0.15) is 11.5 Å². The van der Waals surface area contributed by atoms with E-state index in [0.29, 0.717) is 11.1 Å². The smallest absolute Gasteiger partial charge is 0.507 e. The van der Waals surface area contributed by atoms with Crippen molar-refractivity contribution in [3.63, 3.8) is 0 Å². The largest absolute Gasteiger partial charge is 0.524 e. The molecule has 0 atom stereocenters. The lowest BCUT2D eigenvalue weighted by Gasteiger charge is -2.16. The van der Waals surface area contributed by atoms with Crippen molar-refractivity contribution in [2.24, 2.45) is 0 Å². The zero-order chi connectivity index (χ0) is 17.0. The summed E-state index contributed by atoms with van der Waals surface area (Å²) in [5.74, 6) is -0.219. The SMILES string of the molecule is CC(C)c1c(O)cc(/C=C/c2ccccc2)cc1OP(=O)(O)O. The van der Waals surface area contributed by atoms with E-state index < -0.39 is 7.82 Å². The summed E-state index contributed by atoms with van der Waals surface area (Å²) in [4.78, 5) is 18.1. The van der Waals surface area contributed by atoms with Crippen molar-refractivity contribution >= 4 is 20.0 Å². The summed E-state index contributed by atoms with van der Waals surface area (Å²) in [6, 6.07) is 12.6. The number of phenolic OH excluding ortho intramolecular Hbond substituents is 1. The molecule has 0 bridgehead atoms. The van der Waals surface area contributed by atoms with Crippen LogP contribution in [0.2, 0.25) is 0 Å². The summed E-state index contributed by atoms with van der Waals surface area (Å²) < 4.78 is 15.9. The van der Waals surface area contributed by atoms with Crippen LogP contribution in [-0.4, -0.2) is 14.9 Å². The van der Waals surface area contributed by atoms with Crippen LogP contribution in [0.5, 0.6) is 11.5 Å². The lowest BCUT2D eigenvalue weighted by molar-refractivity contribution is 0.281. The summed E-state index contributed by atoms with van der Waals surface area (Å²) in [6.45, 7) is 3.61. The highest BCUT2D eigenvalue weighted by Crippen LogP contribution is 2.44. The maximum absolute atomic E-state index is 11.1. The molecule has 0 fully saturated rings. The molecule has 0 spiro atoms. The van der Waals surface area contributed by atoms with Crippen LogP contribution in [0.25, 0.3) is 12.2 Å². The Morgan fingerprint density at radius 2 is 1.65 bits per heavy atom. The molecule has 2 aromatic carbocycles. The van der Waals surface area contributed by atoms with Gasteiger partial charge in [-0.2, -0.15) is 0 Å². The standard InChI is InChI=1S/C17H19O5P/c1-12(2)17-15(18)10-14(11-16(17)22-23(19,20)21)9-8-13-6-4-3-5-7-13/h3-12,18H,1-2H3,(H2,19,20,21)/b9-8+. The molecule has 6 heteroatoms. The van der Waals surface area contributed by atoms with Crippen molar-refractivity contribution in [3.05, 3.63) is 59.2 Å². The first kappa shape index (κ1) is 17.3. The van der Waals surface area contributed by atoms with E-state index in [1.165, 1.54) is 6.07 Å². The fourth-order valence-corrected chi connectivity index (χ4v) is 2.68. The first-order chi connectivity index (χ1) is 10.8. The topological polar surface area (TPSA) is 87.0 Å². The van der Waals surface area contributed by atoms with E-state index in [2.05, 4.69) is 0 Å². The molecule has 23 heavy (non-hydrogen) atoms. The van der Waals surface area contributed by atoms with Gasteiger partial charge in [0.25, 0.3) is 0 Å². The molecule has 122 valence electrons. The van der Waals surface area contributed by atoms with E-state index in [4.69, 9.17) is 14.3 Å². The Balaban J connectivity index is 2.42. The molecule has 3 N–H and O–H groups in total. The molecule has 0 unspecified atom stereocenters. The summed E-state index contributed by atoms with van der Waals surface area (Å²) in [7, 11) is -4.71. The fraction of sp³-hybridized carbons (Fsp3) is 0.176. The van der Waals surface area contributed by atoms with Gasteiger partial charge < -0.3 is 9.63 Å². The summed E-state index contributed by atoms with van der Waals surface area (Å²) in [5.41, 5.74) is 1.92. The Kier molecular flexibility index (Phi) is 5.26. The Morgan fingerprint density at radius 1 is 1.04 bits per heavy atom. The van der Waals surface area contributed by atoms with E-state index in [9.17, 15) is 9.67 Å². The Hall–Kier alpha value is -2.07. The number of phosphoric acid groups is 1. The maximum Gasteiger partial charge on any atom is 0.524 e. The second-order valence-corrected chi connectivity index (χ2v) is 6.60. The average molecular weight is 334 g/mol. The van der Waals surface area contributed by atoms with Crippen molar-refractivity contribution in [3.8, 4) is 11.5 Å². The van der Waals surface area contributed by atoms with Crippen molar-refractivity contribution < 1.29 is 24.0 Å². The molecule has 0 aliphatic heterocycles. The first-order valence-corrected chi connectivity index (χ1v) is 8.64. The molecule has 0 aromatic heterocycles. The van der Waals surface area contributed by atoms with Crippen molar-refractivity contribution in [1.29, 1.82) is 0 Å². The van der Waals surface area contributed by atoms with Crippen LogP contribution in [0.4, 0.5) is 0 Å². The highest BCUT2D eigenvalue weighted by Gasteiger charge is 2.22. The van der Waals surface area contributed by atoms with Gasteiger partial charge in [-0.3, -0.25) is 9.79 Å². The van der Waals surface area contributed by atoms with Crippen molar-refractivity contribution in [1.82, 2.24) is 0 Å². The molecule has 2 aromatic rings. The maximum atomic E-state index is 11.1. The molecule has 0 saturated heterocycles. The molecule has 0 radical (unpaired) electrons. The van der Waals surface area contributed by atoms with Crippen molar-refractivity contribution in [2.45, 2.75) is 19.8 Å². The number of aromatic hydroxyl groups is 1. The minimum Gasteiger partial charge on any atom is -0.507 e. The molecule has 0 amide bonds. The molecule has 2 rings (SSSR count). The van der Waals surface area contributed by atoms with Crippen LogP contribution >= 0.6 is 7.82 Å². The van der Waals surface area contributed by atoms with E-state index in [-0.39, 0.29) is 17.4 Å². The highest BCUT2D eigenvalue weighted by atomic mass is 31.2. The molecule has 0 heterocycles. The predicted octanol–water partition coefficient (Wildman–Crippen LogP) is 4.16. The van der Waals surface area contributed by atoms with Crippen LogP contribution in [-0.2, 0) is 4.57 Å². The normalized spacial score (nSPS) is 12.0. The van der Waals surface area contributed by atoms with Crippen molar-refractivity contribution in [2.75, 3.05) is 0 Å². The fourth-order valence-electron chi connectivity index (χ4n) is 2.27. The van der Waals surface area contributed by atoms with E-state index in [1.807, 2.05) is 36.4 Å². The van der Waals surface area contributed by atoms with E-state index in [1.54, 1.807) is 26.0 Å². The predicted molar refractivity (Wildman–Crippen MR) is 90.2 cm³/mol. The third kappa shape index (κ3) is 4.96. The van der Waals surface area contributed by atoms with Crippen LogP contribution < -0.4 is 4.52 Å². The second kappa shape index (κ2) is 7.01.